The van der Waals surface area contributed by atoms with E-state index in [1.165, 1.54) is 0 Å². The maximum atomic E-state index is 12.3. The molecule has 1 saturated heterocycles. The first-order valence-corrected chi connectivity index (χ1v) is 8.28. The second-order valence-corrected chi connectivity index (χ2v) is 9.33. The standard InChI is InChI=1S/C13H28N2O2S/c1-12(2,3)11(14)10-18(16,17)15-8-6-13(4,5)7-9-15/h11H,6-10,14H2,1-5H3. The van der Waals surface area contributed by atoms with Crippen LogP contribution >= 0.6 is 0 Å². The molecule has 2 N–H and O–H groups in total. The third kappa shape index (κ3) is 4.21. The molecule has 1 aliphatic rings. The molecule has 1 atom stereocenters. The van der Waals surface area contributed by atoms with Crippen LogP contribution in [0.1, 0.15) is 47.5 Å². The van der Waals surface area contributed by atoms with Crippen molar-refractivity contribution in [1.29, 1.82) is 0 Å². The Morgan fingerprint density at radius 3 is 2.06 bits per heavy atom. The molecule has 0 aromatic carbocycles. The lowest BCUT2D eigenvalue weighted by Crippen LogP contribution is -2.48. The number of hydrogen-bond donors (Lipinski definition) is 1. The molecule has 0 radical (unpaired) electrons. The topological polar surface area (TPSA) is 63.4 Å². The fourth-order valence-corrected chi connectivity index (χ4v) is 3.86. The average molecular weight is 276 g/mol. The molecule has 0 amide bonds. The van der Waals surface area contributed by atoms with Gasteiger partial charge in [0.15, 0.2) is 0 Å². The van der Waals surface area contributed by atoms with E-state index < -0.39 is 10.0 Å². The van der Waals surface area contributed by atoms with Gasteiger partial charge in [0, 0.05) is 19.1 Å². The van der Waals surface area contributed by atoms with Gasteiger partial charge in [-0.1, -0.05) is 34.6 Å². The van der Waals surface area contributed by atoms with Gasteiger partial charge in [0.25, 0.3) is 0 Å². The molecule has 0 aromatic heterocycles. The summed E-state index contributed by atoms with van der Waals surface area (Å²) in [5, 5.41) is 0. The van der Waals surface area contributed by atoms with Crippen molar-refractivity contribution in [2.45, 2.75) is 53.5 Å². The Hall–Kier alpha value is -0.130. The van der Waals surface area contributed by atoms with E-state index in [2.05, 4.69) is 13.8 Å². The summed E-state index contributed by atoms with van der Waals surface area (Å²) in [5.41, 5.74) is 6.07. The van der Waals surface area contributed by atoms with E-state index in [0.717, 1.165) is 12.8 Å². The van der Waals surface area contributed by atoms with E-state index in [9.17, 15) is 8.42 Å². The number of nitrogens with zero attached hydrogens (tertiary/aromatic N) is 1. The summed E-state index contributed by atoms with van der Waals surface area (Å²) in [6.07, 6.45) is 1.86. The van der Waals surface area contributed by atoms with Crippen LogP contribution in [0.5, 0.6) is 0 Å². The Morgan fingerprint density at radius 2 is 1.67 bits per heavy atom. The van der Waals surface area contributed by atoms with Crippen molar-refractivity contribution >= 4 is 10.0 Å². The zero-order valence-electron chi connectivity index (χ0n) is 12.4. The van der Waals surface area contributed by atoms with Crippen LogP contribution in [-0.4, -0.2) is 37.6 Å². The molecule has 0 aromatic rings. The SMILES string of the molecule is CC1(C)CCN(S(=O)(=O)CC(N)C(C)(C)C)CC1. The minimum absolute atomic E-state index is 0.0525. The van der Waals surface area contributed by atoms with Gasteiger partial charge in [-0.2, -0.15) is 0 Å². The van der Waals surface area contributed by atoms with Gasteiger partial charge in [0.1, 0.15) is 0 Å². The van der Waals surface area contributed by atoms with E-state index in [0.29, 0.717) is 13.1 Å². The van der Waals surface area contributed by atoms with Crippen LogP contribution in [0.3, 0.4) is 0 Å². The Kier molecular flexibility index (Phi) is 4.51. The Labute approximate surface area is 112 Å². The molecule has 0 saturated carbocycles. The van der Waals surface area contributed by atoms with Crippen molar-refractivity contribution in [1.82, 2.24) is 4.31 Å². The monoisotopic (exact) mass is 276 g/mol. The molecular formula is C13H28N2O2S. The van der Waals surface area contributed by atoms with Crippen LogP contribution in [0, 0.1) is 10.8 Å². The predicted octanol–water partition coefficient (Wildman–Crippen LogP) is 1.81. The first kappa shape index (κ1) is 15.9. The molecular weight excluding hydrogens is 248 g/mol. The molecule has 5 heteroatoms. The summed E-state index contributed by atoms with van der Waals surface area (Å²) in [7, 11) is -3.21. The number of rotatable bonds is 3. The molecule has 1 rings (SSSR count). The lowest BCUT2D eigenvalue weighted by Gasteiger charge is -2.37. The molecule has 1 unspecified atom stereocenters. The van der Waals surface area contributed by atoms with Gasteiger partial charge < -0.3 is 5.73 Å². The van der Waals surface area contributed by atoms with Gasteiger partial charge in [0.05, 0.1) is 5.75 Å². The molecule has 0 aliphatic carbocycles. The highest BCUT2D eigenvalue weighted by molar-refractivity contribution is 7.89. The van der Waals surface area contributed by atoms with Gasteiger partial charge in [-0.15, -0.1) is 0 Å². The second kappa shape index (κ2) is 5.10. The first-order valence-electron chi connectivity index (χ1n) is 6.67. The van der Waals surface area contributed by atoms with Crippen molar-refractivity contribution < 1.29 is 8.42 Å². The average Bonchev–Trinajstić information content (AvgIpc) is 2.14. The number of sulfonamides is 1. The minimum Gasteiger partial charge on any atom is -0.326 e. The third-order valence-electron chi connectivity index (χ3n) is 3.97. The molecule has 4 nitrogen and oxygen atoms in total. The van der Waals surface area contributed by atoms with Crippen LogP contribution in [0.4, 0.5) is 0 Å². The zero-order chi connectivity index (χ0) is 14.2. The van der Waals surface area contributed by atoms with Gasteiger partial charge >= 0.3 is 0 Å². The Balaban J connectivity index is 2.66. The van der Waals surface area contributed by atoms with Crippen LogP contribution in [0.2, 0.25) is 0 Å². The lowest BCUT2D eigenvalue weighted by molar-refractivity contribution is 0.194. The second-order valence-electron chi connectivity index (χ2n) is 7.31. The lowest BCUT2D eigenvalue weighted by atomic mass is 9.83. The highest BCUT2D eigenvalue weighted by Gasteiger charge is 2.34. The largest absolute Gasteiger partial charge is 0.326 e. The highest BCUT2D eigenvalue weighted by Crippen LogP contribution is 2.31. The number of nitrogens with two attached hydrogens (primary N) is 1. The van der Waals surface area contributed by atoms with Gasteiger partial charge in [0.2, 0.25) is 10.0 Å². The van der Waals surface area contributed by atoms with Crippen molar-refractivity contribution in [2.75, 3.05) is 18.8 Å². The summed E-state index contributed by atoms with van der Waals surface area (Å²) in [6.45, 7) is 11.6. The van der Waals surface area contributed by atoms with Crippen molar-refractivity contribution in [3.05, 3.63) is 0 Å². The van der Waals surface area contributed by atoms with Gasteiger partial charge in [-0.25, -0.2) is 12.7 Å². The van der Waals surface area contributed by atoms with E-state index in [4.69, 9.17) is 5.73 Å². The van der Waals surface area contributed by atoms with Crippen LogP contribution in [0.25, 0.3) is 0 Å². The molecule has 1 fully saturated rings. The molecule has 0 spiro atoms. The fourth-order valence-electron chi connectivity index (χ4n) is 1.95. The first-order chi connectivity index (χ1) is 7.94. The molecule has 1 heterocycles. The summed E-state index contributed by atoms with van der Waals surface area (Å²) < 4.78 is 26.2. The Bertz CT molecular complexity index is 372. The smallest absolute Gasteiger partial charge is 0.215 e. The molecule has 0 bridgehead atoms. The quantitative estimate of drug-likeness (QED) is 0.855. The number of piperidine rings is 1. The van der Waals surface area contributed by atoms with E-state index >= 15 is 0 Å². The maximum absolute atomic E-state index is 12.3. The van der Waals surface area contributed by atoms with Crippen molar-refractivity contribution in [3.63, 3.8) is 0 Å². The number of hydrogen-bond acceptors (Lipinski definition) is 3. The molecule has 1 aliphatic heterocycles. The van der Waals surface area contributed by atoms with E-state index in [-0.39, 0.29) is 22.6 Å². The van der Waals surface area contributed by atoms with Gasteiger partial charge in [-0.05, 0) is 23.7 Å². The predicted molar refractivity (Wildman–Crippen MR) is 75.8 cm³/mol. The third-order valence-corrected chi connectivity index (χ3v) is 5.90. The highest BCUT2D eigenvalue weighted by atomic mass is 32.2. The zero-order valence-corrected chi connectivity index (χ0v) is 13.2. The van der Waals surface area contributed by atoms with Crippen molar-refractivity contribution in [3.8, 4) is 0 Å². The van der Waals surface area contributed by atoms with Crippen LogP contribution < -0.4 is 5.73 Å². The molecule has 108 valence electrons. The van der Waals surface area contributed by atoms with Gasteiger partial charge in [-0.3, -0.25) is 0 Å². The minimum atomic E-state index is -3.21. The summed E-state index contributed by atoms with van der Waals surface area (Å²) in [6, 6.07) is -0.322. The molecule has 18 heavy (non-hydrogen) atoms. The van der Waals surface area contributed by atoms with Crippen LogP contribution in [0.15, 0.2) is 0 Å². The van der Waals surface area contributed by atoms with E-state index in [1.807, 2.05) is 20.8 Å². The summed E-state index contributed by atoms with van der Waals surface area (Å²) >= 11 is 0. The Morgan fingerprint density at radius 1 is 1.22 bits per heavy atom. The fraction of sp³-hybridized carbons (Fsp3) is 1.00. The van der Waals surface area contributed by atoms with E-state index in [1.54, 1.807) is 4.31 Å². The summed E-state index contributed by atoms with van der Waals surface area (Å²) in [5.74, 6) is 0.0525. The maximum Gasteiger partial charge on any atom is 0.215 e. The summed E-state index contributed by atoms with van der Waals surface area (Å²) in [4.78, 5) is 0. The van der Waals surface area contributed by atoms with Crippen molar-refractivity contribution in [2.24, 2.45) is 16.6 Å². The normalized spacial score (nSPS) is 23.9. The van der Waals surface area contributed by atoms with Crippen LogP contribution in [-0.2, 0) is 10.0 Å².